The lowest BCUT2D eigenvalue weighted by molar-refractivity contribution is 0.00578. The molecule has 32 heavy (non-hydrogen) atoms. The molecule has 1 N–H and O–H groups in total. The summed E-state index contributed by atoms with van der Waals surface area (Å²) in [5, 5.41) is 2.80. The van der Waals surface area contributed by atoms with E-state index in [4.69, 9.17) is 14.0 Å². The zero-order valence-electron chi connectivity index (χ0n) is 19.3. The quantitative estimate of drug-likeness (QED) is 0.502. The second kappa shape index (κ2) is 9.71. The summed E-state index contributed by atoms with van der Waals surface area (Å²) in [6, 6.07) is 15.0. The van der Waals surface area contributed by atoms with Crippen LogP contribution in [0.3, 0.4) is 0 Å². The minimum atomic E-state index is -0.625. The van der Waals surface area contributed by atoms with Crippen molar-refractivity contribution in [1.82, 2.24) is 5.32 Å². The standard InChI is InChI=1S/C25H30BNO5/c1-18-13-20(11-12-21(18)16-28)14-22(26-31-24(2,3)25(4,5)32-26)15-27-23(29)30-17-19-9-7-6-8-10-19/h6-14,16H,15,17H2,1-5H3,(H,27,29). The normalized spacial score (nSPS) is 17.2. The number of aryl methyl sites for hydroxylation is 1. The molecule has 2 aromatic carbocycles. The first-order chi connectivity index (χ1) is 15.1. The van der Waals surface area contributed by atoms with Crippen molar-refractivity contribution in [2.75, 3.05) is 6.54 Å². The van der Waals surface area contributed by atoms with Crippen LogP contribution in [0, 0.1) is 6.92 Å². The van der Waals surface area contributed by atoms with Crippen molar-refractivity contribution in [1.29, 1.82) is 0 Å². The average Bonchev–Trinajstić information content (AvgIpc) is 2.97. The fraction of sp³-hybridized carbons (Fsp3) is 0.360. The smallest absolute Gasteiger partial charge is 0.445 e. The Balaban J connectivity index is 1.75. The number of rotatable bonds is 7. The van der Waals surface area contributed by atoms with E-state index < -0.39 is 24.4 Å². The van der Waals surface area contributed by atoms with Crippen molar-refractivity contribution in [2.45, 2.75) is 52.4 Å². The van der Waals surface area contributed by atoms with Gasteiger partial charge in [-0.15, -0.1) is 0 Å². The SMILES string of the molecule is Cc1cc(C=C(CNC(=O)OCc2ccccc2)B2OC(C)(C)C(C)(C)O2)ccc1C=O. The Morgan fingerprint density at radius 1 is 1.06 bits per heavy atom. The highest BCUT2D eigenvalue weighted by Gasteiger charge is 2.52. The summed E-state index contributed by atoms with van der Waals surface area (Å²) in [5.41, 5.74) is 3.04. The van der Waals surface area contributed by atoms with Crippen LogP contribution in [0.5, 0.6) is 0 Å². The van der Waals surface area contributed by atoms with Gasteiger partial charge in [0.05, 0.1) is 11.2 Å². The topological polar surface area (TPSA) is 73.9 Å². The predicted octanol–water partition coefficient (Wildman–Crippen LogP) is 4.75. The van der Waals surface area contributed by atoms with Crippen LogP contribution in [-0.2, 0) is 20.7 Å². The molecular formula is C25H30BNO5. The molecule has 1 fully saturated rings. The lowest BCUT2D eigenvalue weighted by Crippen LogP contribution is -2.41. The van der Waals surface area contributed by atoms with E-state index in [-0.39, 0.29) is 13.2 Å². The molecule has 1 saturated heterocycles. The van der Waals surface area contributed by atoms with Gasteiger partial charge in [-0.3, -0.25) is 4.79 Å². The van der Waals surface area contributed by atoms with Gasteiger partial charge >= 0.3 is 13.2 Å². The molecule has 0 aromatic heterocycles. The van der Waals surface area contributed by atoms with Crippen molar-refractivity contribution >= 4 is 25.6 Å². The molecule has 3 rings (SSSR count). The number of alkyl carbamates (subject to hydrolysis) is 1. The van der Waals surface area contributed by atoms with E-state index in [1.807, 2.05) is 83.2 Å². The second-order valence-corrected chi connectivity index (χ2v) is 8.96. The van der Waals surface area contributed by atoms with E-state index >= 15 is 0 Å². The Morgan fingerprint density at radius 3 is 2.31 bits per heavy atom. The number of carbonyl (C=O) groups is 2. The van der Waals surface area contributed by atoms with Crippen molar-refractivity contribution in [3.8, 4) is 0 Å². The van der Waals surface area contributed by atoms with Crippen molar-refractivity contribution < 1.29 is 23.6 Å². The van der Waals surface area contributed by atoms with E-state index in [1.165, 1.54) is 0 Å². The van der Waals surface area contributed by atoms with Crippen molar-refractivity contribution in [3.63, 3.8) is 0 Å². The highest BCUT2D eigenvalue weighted by molar-refractivity contribution is 6.56. The third-order valence-corrected chi connectivity index (χ3v) is 5.98. The third kappa shape index (κ3) is 5.66. The maximum absolute atomic E-state index is 12.3. The molecule has 0 bridgehead atoms. The number of hydrogen-bond donors (Lipinski definition) is 1. The molecule has 1 heterocycles. The Morgan fingerprint density at radius 2 is 1.72 bits per heavy atom. The number of amides is 1. The fourth-order valence-corrected chi connectivity index (χ4v) is 3.28. The zero-order valence-corrected chi connectivity index (χ0v) is 19.3. The van der Waals surface area contributed by atoms with Gasteiger partial charge in [0, 0.05) is 12.1 Å². The van der Waals surface area contributed by atoms with Crippen LogP contribution >= 0.6 is 0 Å². The maximum Gasteiger partial charge on any atom is 0.492 e. The van der Waals surface area contributed by atoms with E-state index in [1.54, 1.807) is 6.07 Å². The van der Waals surface area contributed by atoms with Gasteiger partial charge in [-0.2, -0.15) is 0 Å². The Labute approximate surface area is 190 Å². The van der Waals surface area contributed by atoms with Crippen LogP contribution in [0.15, 0.2) is 54.0 Å². The first-order valence-electron chi connectivity index (χ1n) is 10.7. The van der Waals surface area contributed by atoms with Crippen LogP contribution < -0.4 is 5.32 Å². The monoisotopic (exact) mass is 435 g/mol. The van der Waals surface area contributed by atoms with Gasteiger partial charge in [-0.05, 0) is 56.8 Å². The van der Waals surface area contributed by atoms with Gasteiger partial charge in [0.15, 0.2) is 0 Å². The minimum Gasteiger partial charge on any atom is -0.445 e. The number of aldehydes is 1. The van der Waals surface area contributed by atoms with Gasteiger partial charge in [-0.25, -0.2) is 4.79 Å². The Bertz CT molecular complexity index is 985. The molecule has 6 nitrogen and oxygen atoms in total. The second-order valence-electron chi connectivity index (χ2n) is 8.96. The molecule has 1 aliphatic heterocycles. The Hall–Kier alpha value is -2.90. The summed E-state index contributed by atoms with van der Waals surface area (Å²) in [5.74, 6) is 0. The van der Waals surface area contributed by atoms with Gasteiger partial charge < -0.3 is 19.4 Å². The van der Waals surface area contributed by atoms with E-state index in [2.05, 4.69) is 5.32 Å². The molecule has 0 aliphatic carbocycles. The predicted molar refractivity (Wildman–Crippen MR) is 125 cm³/mol. The number of ether oxygens (including phenoxy) is 1. The molecule has 1 amide bonds. The van der Waals surface area contributed by atoms with Gasteiger partial charge in [0.25, 0.3) is 0 Å². The average molecular weight is 435 g/mol. The summed E-state index contributed by atoms with van der Waals surface area (Å²) in [4.78, 5) is 23.4. The Kier molecular flexibility index (Phi) is 7.21. The van der Waals surface area contributed by atoms with E-state index in [9.17, 15) is 9.59 Å². The van der Waals surface area contributed by atoms with E-state index in [0.29, 0.717) is 5.56 Å². The number of nitrogens with one attached hydrogen (secondary N) is 1. The molecule has 7 heteroatoms. The van der Waals surface area contributed by atoms with E-state index in [0.717, 1.165) is 28.4 Å². The van der Waals surface area contributed by atoms with Gasteiger partial charge in [0.1, 0.15) is 12.9 Å². The fourth-order valence-electron chi connectivity index (χ4n) is 3.28. The molecule has 0 atom stereocenters. The van der Waals surface area contributed by atoms with Crippen molar-refractivity contribution in [2.24, 2.45) is 0 Å². The van der Waals surface area contributed by atoms with Crippen LogP contribution in [0.4, 0.5) is 4.79 Å². The summed E-state index contributed by atoms with van der Waals surface area (Å²) >= 11 is 0. The lowest BCUT2D eigenvalue weighted by Gasteiger charge is -2.32. The molecule has 168 valence electrons. The number of hydrogen-bond acceptors (Lipinski definition) is 5. The summed E-state index contributed by atoms with van der Waals surface area (Å²) in [6.45, 7) is 10.2. The summed E-state index contributed by atoms with van der Waals surface area (Å²) in [6.07, 6.45) is 2.23. The first kappa shape index (κ1) is 23.8. The minimum absolute atomic E-state index is 0.189. The summed E-state index contributed by atoms with van der Waals surface area (Å²) in [7, 11) is -0.625. The number of carbonyl (C=O) groups excluding carboxylic acids is 2. The van der Waals surface area contributed by atoms with Crippen LogP contribution in [0.2, 0.25) is 0 Å². The van der Waals surface area contributed by atoms with Crippen LogP contribution in [0.1, 0.15) is 54.7 Å². The molecule has 0 saturated carbocycles. The molecule has 1 aliphatic rings. The van der Waals surface area contributed by atoms with Crippen LogP contribution in [0.25, 0.3) is 6.08 Å². The summed E-state index contributed by atoms with van der Waals surface area (Å²) < 4.78 is 17.7. The molecule has 0 spiro atoms. The molecule has 0 unspecified atom stereocenters. The molecule has 2 aromatic rings. The van der Waals surface area contributed by atoms with Crippen molar-refractivity contribution in [3.05, 3.63) is 76.3 Å². The first-order valence-corrected chi connectivity index (χ1v) is 10.7. The maximum atomic E-state index is 12.3. The van der Waals surface area contributed by atoms with Crippen LogP contribution in [-0.4, -0.2) is 37.2 Å². The largest absolute Gasteiger partial charge is 0.492 e. The van der Waals surface area contributed by atoms with Gasteiger partial charge in [-0.1, -0.05) is 54.6 Å². The number of benzene rings is 2. The lowest BCUT2D eigenvalue weighted by atomic mass is 9.77. The van der Waals surface area contributed by atoms with Gasteiger partial charge in [0.2, 0.25) is 0 Å². The highest BCUT2D eigenvalue weighted by atomic mass is 16.7. The third-order valence-electron chi connectivity index (χ3n) is 5.98. The molecule has 0 radical (unpaired) electrons. The molecular weight excluding hydrogens is 405 g/mol. The zero-order chi connectivity index (χ0) is 23.4. The highest BCUT2D eigenvalue weighted by Crippen LogP contribution is 2.38.